The van der Waals surface area contributed by atoms with Crippen LogP contribution in [0.15, 0.2) is 62.7 Å². The van der Waals surface area contributed by atoms with Crippen LogP contribution in [0.25, 0.3) is 0 Å². The summed E-state index contributed by atoms with van der Waals surface area (Å²) in [6.07, 6.45) is 0.347. The number of hydrogen-bond donors (Lipinski definition) is 4. The molecule has 3 rings (SSSR count). The van der Waals surface area contributed by atoms with Gasteiger partial charge in [-0.3, -0.25) is 20.2 Å². The minimum atomic E-state index is -4.02. The van der Waals surface area contributed by atoms with E-state index in [4.69, 9.17) is 4.42 Å². The van der Waals surface area contributed by atoms with Gasteiger partial charge in [-0.1, -0.05) is 73.3 Å². The molecule has 3 aromatic rings. The molecule has 13 nitrogen and oxygen atoms in total. The SMILES string of the molecule is Cc1ccc(S(=O)(=O)N[C@@H](CC(C)C)C(=O)Nc2nnc(NC(=O)[C@H](CC(C)C)NS(=O)(=O)c3ccc(C)cc3)o2)cc1. The molecule has 0 bridgehead atoms. The fourth-order valence-electron chi connectivity index (χ4n) is 4.01. The molecule has 0 radical (unpaired) electrons. The highest BCUT2D eigenvalue weighted by Gasteiger charge is 2.30. The minimum Gasteiger partial charge on any atom is -0.389 e. The van der Waals surface area contributed by atoms with Crippen molar-refractivity contribution in [2.45, 2.75) is 76.3 Å². The van der Waals surface area contributed by atoms with Gasteiger partial charge in [0.1, 0.15) is 12.1 Å². The first-order chi connectivity index (χ1) is 20.1. The third kappa shape index (κ3) is 9.95. The molecule has 0 saturated heterocycles. The minimum absolute atomic E-state index is 0.0106. The summed E-state index contributed by atoms with van der Waals surface area (Å²) >= 11 is 0. The van der Waals surface area contributed by atoms with Crippen molar-refractivity contribution in [3.63, 3.8) is 0 Å². The summed E-state index contributed by atoms with van der Waals surface area (Å²) < 4.78 is 61.9. The standard InChI is InChI=1S/C28H38N6O7S2/c1-17(2)15-23(33-42(37,38)21-11-7-19(5)8-12-21)25(35)29-27-31-32-28(41-27)30-26(36)24(16-18(3)4)34-43(39,40)22-13-9-20(6)10-14-22/h7-14,17-18,23-24,33-34H,15-16H2,1-6H3,(H,29,31,35)(H,30,32,36)/t23-,24-/m0/s1. The number of amides is 2. The van der Waals surface area contributed by atoms with E-state index >= 15 is 0 Å². The van der Waals surface area contributed by atoms with Crippen LogP contribution in [0.2, 0.25) is 0 Å². The van der Waals surface area contributed by atoms with E-state index in [-0.39, 0.29) is 46.5 Å². The Labute approximate surface area is 252 Å². The lowest BCUT2D eigenvalue weighted by Crippen LogP contribution is -2.44. The van der Waals surface area contributed by atoms with Gasteiger partial charge in [0.2, 0.25) is 31.9 Å². The zero-order chi connectivity index (χ0) is 31.9. The highest BCUT2D eigenvalue weighted by molar-refractivity contribution is 7.89. The number of aromatic nitrogens is 2. The van der Waals surface area contributed by atoms with Gasteiger partial charge >= 0.3 is 12.0 Å². The quantitative estimate of drug-likeness (QED) is 0.206. The lowest BCUT2D eigenvalue weighted by Gasteiger charge is -2.19. The summed E-state index contributed by atoms with van der Waals surface area (Å²) in [5, 5.41) is 12.2. The maximum absolute atomic E-state index is 13.1. The summed E-state index contributed by atoms with van der Waals surface area (Å²) in [7, 11) is -8.03. The molecule has 43 heavy (non-hydrogen) atoms. The average molecular weight is 635 g/mol. The van der Waals surface area contributed by atoms with Crippen molar-refractivity contribution < 1.29 is 30.8 Å². The molecular formula is C28H38N6O7S2. The molecule has 4 N–H and O–H groups in total. The first kappa shape index (κ1) is 33.8. The lowest BCUT2D eigenvalue weighted by molar-refractivity contribution is -0.118. The Hall–Kier alpha value is -3.66. The van der Waals surface area contributed by atoms with E-state index in [1.54, 1.807) is 24.3 Å². The van der Waals surface area contributed by atoms with E-state index in [1.807, 2.05) is 41.5 Å². The topological polar surface area (TPSA) is 189 Å². The molecule has 1 aromatic heterocycles. The van der Waals surface area contributed by atoms with Crippen LogP contribution >= 0.6 is 0 Å². The molecule has 1 heterocycles. The summed E-state index contributed by atoms with van der Waals surface area (Å²) in [5.41, 5.74) is 1.77. The Bertz CT molecular complexity index is 1500. The Balaban J connectivity index is 1.71. The number of anilines is 2. The molecule has 15 heteroatoms. The van der Waals surface area contributed by atoms with Gasteiger partial charge in [0, 0.05) is 0 Å². The second-order valence-electron chi connectivity index (χ2n) is 11.1. The number of aryl methyl sites for hydroxylation is 2. The van der Waals surface area contributed by atoms with Crippen LogP contribution in [-0.4, -0.2) is 50.9 Å². The summed E-state index contributed by atoms with van der Waals surface area (Å²) in [4.78, 5) is 26.1. The number of hydrogen-bond acceptors (Lipinski definition) is 9. The zero-order valence-corrected chi connectivity index (χ0v) is 26.5. The molecule has 0 saturated carbocycles. The Kier molecular flexibility index (Phi) is 11.2. The number of carbonyl (C=O) groups is 2. The van der Waals surface area contributed by atoms with E-state index in [0.29, 0.717) is 0 Å². The highest BCUT2D eigenvalue weighted by atomic mass is 32.2. The molecule has 2 amide bonds. The van der Waals surface area contributed by atoms with Crippen molar-refractivity contribution >= 4 is 43.9 Å². The number of benzene rings is 2. The average Bonchev–Trinajstić information content (AvgIpc) is 3.34. The predicted octanol–water partition coefficient (Wildman–Crippen LogP) is 3.35. The van der Waals surface area contributed by atoms with Crippen molar-refractivity contribution in [2.75, 3.05) is 10.6 Å². The molecule has 0 fully saturated rings. The molecule has 234 valence electrons. The smallest absolute Gasteiger partial charge is 0.323 e. The predicted molar refractivity (Wildman–Crippen MR) is 161 cm³/mol. The van der Waals surface area contributed by atoms with E-state index in [9.17, 15) is 26.4 Å². The van der Waals surface area contributed by atoms with Gasteiger partial charge < -0.3 is 4.42 Å². The van der Waals surface area contributed by atoms with Gasteiger partial charge in [0.05, 0.1) is 9.79 Å². The van der Waals surface area contributed by atoms with Gasteiger partial charge in [-0.2, -0.15) is 9.44 Å². The van der Waals surface area contributed by atoms with Gasteiger partial charge in [0.15, 0.2) is 0 Å². The molecule has 0 aliphatic heterocycles. The van der Waals surface area contributed by atoms with Crippen LogP contribution in [-0.2, 0) is 29.6 Å². The third-order valence-corrected chi connectivity index (χ3v) is 9.17. The third-order valence-electron chi connectivity index (χ3n) is 6.19. The van der Waals surface area contributed by atoms with E-state index in [1.165, 1.54) is 24.3 Å². The highest BCUT2D eigenvalue weighted by Crippen LogP contribution is 2.18. The number of sulfonamides is 2. The normalized spacial score (nSPS) is 13.6. The van der Waals surface area contributed by atoms with Crippen molar-refractivity contribution in [3.05, 3.63) is 59.7 Å². The monoisotopic (exact) mass is 634 g/mol. The number of carbonyl (C=O) groups excluding carboxylic acids is 2. The zero-order valence-electron chi connectivity index (χ0n) is 24.9. The van der Waals surface area contributed by atoms with Gasteiger partial charge in [0.25, 0.3) is 0 Å². The second-order valence-corrected chi connectivity index (χ2v) is 14.6. The number of rotatable bonds is 14. The molecule has 0 aliphatic rings. The van der Waals surface area contributed by atoms with Crippen molar-refractivity contribution in [2.24, 2.45) is 11.8 Å². The van der Waals surface area contributed by atoms with Gasteiger partial charge in [-0.05, 0) is 62.8 Å². The Morgan fingerprint density at radius 3 is 1.28 bits per heavy atom. The van der Waals surface area contributed by atoms with Crippen molar-refractivity contribution in [3.8, 4) is 0 Å². The second kappa shape index (κ2) is 14.2. The van der Waals surface area contributed by atoms with E-state index in [0.717, 1.165) is 11.1 Å². The number of nitrogens with one attached hydrogen (secondary N) is 4. The van der Waals surface area contributed by atoms with Crippen molar-refractivity contribution in [1.82, 2.24) is 19.6 Å². The van der Waals surface area contributed by atoms with Gasteiger partial charge in [-0.25, -0.2) is 16.8 Å². The van der Waals surface area contributed by atoms with Crippen LogP contribution in [0.5, 0.6) is 0 Å². The van der Waals surface area contributed by atoms with Crippen LogP contribution in [0, 0.1) is 25.7 Å². The lowest BCUT2D eigenvalue weighted by atomic mass is 10.0. The molecule has 0 aliphatic carbocycles. The van der Waals surface area contributed by atoms with E-state index in [2.05, 4.69) is 30.3 Å². The van der Waals surface area contributed by atoms with Crippen LogP contribution in [0.1, 0.15) is 51.7 Å². The van der Waals surface area contributed by atoms with E-state index < -0.39 is 43.9 Å². The number of nitrogens with zero attached hydrogens (tertiary/aromatic N) is 2. The summed E-state index contributed by atoms with van der Waals surface area (Å²) in [5.74, 6) is -1.57. The molecule has 0 spiro atoms. The molecule has 2 atom stereocenters. The molecular weight excluding hydrogens is 596 g/mol. The van der Waals surface area contributed by atoms with Crippen molar-refractivity contribution in [1.29, 1.82) is 0 Å². The maximum Gasteiger partial charge on any atom is 0.323 e. The van der Waals surface area contributed by atoms with Crippen LogP contribution in [0.3, 0.4) is 0 Å². The summed E-state index contributed by atoms with van der Waals surface area (Å²) in [6.45, 7) is 11.0. The van der Waals surface area contributed by atoms with Gasteiger partial charge in [-0.15, -0.1) is 0 Å². The Morgan fingerprint density at radius 1 is 0.651 bits per heavy atom. The maximum atomic E-state index is 13.1. The first-order valence-corrected chi connectivity index (χ1v) is 16.7. The van der Waals surface area contributed by atoms with Crippen LogP contribution < -0.4 is 20.1 Å². The fraction of sp³-hybridized carbons (Fsp3) is 0.429. The fourth-order valence-corrected chi connectivity index (χ4v) is 6.43. The largest absolute Gasteiger partial charge is 0.389 e. The summed E-state index contributed by atoms with van der Waals surface area (Å²) in [6, 6.07) is 9.30. The van der Waals surface area contributed by atoms with Crippen LogP contribution in [0.4, 0.5) is 12.0 Å². The molecule has 0 unspecified atom stereocenters. The Morgan fingerprint density at radius 2 is 0.977 bits per heavy atom. The molecule has 2 aromatic carbocycles. The first-order valence-electron chi connectivity index (χ1n) is 13.7.